The Kier molecular flexibility index (Phi) is 3.90. The van der Waals surface area contributed by atoms with Crippen molar-refractivity contribution >= 4 is 0 Å². The van der Waals surface area contributed by atoms with Crippen LogP contribution in [0.5, 0.6) is 0 Å². The number of aliphatic hydroxyl groups is 1. The molecule has 4 nitrogen and oxygen atoms in total. The minimum Gasteiger partial charge on any atom is -0.395 e. The van der Waals surface area contributed by atoms with Gasteiger partial charge in [0.05, 0.1) is 12.3 Å². The minimum atomic E-state index is 0.156. The molecule has 17 heavy (non-hydrogen) atoms. The largest absolute Gasteiger partial charge is 0.395 e. The van der Waals surface area contributed by atoms with E-state index in [0.717, 1.165) is 5.69 Å². The predicted octanol–water partition coefficient (Wildman–Crippen LogP) is 1.52. The fraction of sp³-hybridized carbons (Fsp3) is 0.308. The molecule has 2 rings (SSSR count). The molecule has 0 aliphatic carbocycles. The van der Waals surface area contributed by atoms with Crippen molar-refractivity contribution < 1.29 is 5.11 Å². The molecule has 0 radical (unpaired) electrons. The van der Waals surface area contributed by atoms with Gasteiger partial charge in [-0.1, -0.05) is 12.1 Å². The van der Waals surface area contributed by atoms with Crippen molar-refractivity contribution in [2.75, 3.05) is 13.2 Å². The van der Waals surface area contributed by atoms with Crippen molar-refractivity contribution in [3.8, 4) is 5.69 Å². The summed E-state index contributed by atoms with van der Waals surface area (Å²) in [5.41, 5.74) is 2.23. The van der Waals surface area contributed by atoms with Crippen LogP contribution in [0.3, 0.4) is 0 Å². The van der Waals surface area contributed by atoms with Crippen molar-refractivity contribution in [3.05, 3.63) is 48.3 Å². The number of nitrogens with zero attached hydrogens (tertiary/aromatic N) is 2. The zero-order chi connectivity index (χ0) is 12.1. The lowest BCUT2D eigenvalue weighted by atomic mass is 10.1. The lowest BCUT2D eigenvalue weighted by molar-refractivity contribution is 0.286. The molecule has 0 saturated heterocycles. The average molecular weight is 231 g/mol. The number of rotatable bonds is 5. The molecule has 1 aromatic heterocycles. The third-order valence-corrected chi connectivity index (χ3v) is 2.70. The monoisotopic (exact) mass is 231 g/mol. The van der Waals surface area contributed by atoms with Gasteiger partial charge in [0.15, 0.2) is 0 Å². The quantitative estimate of drug-likeness (QED) is 0.820. The standard InChI is InChI=1S/C13H17N3O/c1-11(14-7-9-17)12-4-2-5-13(10-12)16-8-3-6-15-16/h2-6,8,10-11,14,17H,7,9H2,1H3. The molecule has 0 aliphatic heterocycles. The first-order chi connectivity index (χ1) is 8.31. The Morgan fingerprint density at radius 3 is 3.00 bits per heavy atom. The van der Waals surface area contributed by atoms with Gasteiger partial charge in [0.25, 0.3) is 0 Å². The molecule has 0 amide bonds. The Balaban J connectivity index is 2.17. The van der Waals surface area contributed by atoms with E-state index in [4.69, 9.17) is 5.11 Å². The van der Waals surface area contributed by atoms with E-state index in [0.29, 0.717) is 6.54 Å². The Bertz CT molecular complexity index is 453. The van der Waals surface area contributed by atoms with E-state index < -0.39 is 0 Å². The Morgan fingerprint density at radius 1 is 1.41 bits per heavy atom. The summed E-state index contributed by atoms with van der Waals surface area (Å²) >= 11 is 0. The Hall–Kier alpha value is -1.65. The molecule has 1 aromatic carbocycles. The molecular weight excluding hydrogens is 214 g/mol. The van der Waals surface area contributed by atoms with Gasteiger partial charge in [-0.05, 0) is 30.7 Å². The van der Waals surface area contributed by atoms with Gasteiger partial charge in [-0.3, -0.25) is 0 Å². The summed E-state index contributed by atoms with van der Waals surface area (Å²) in [5.74, 6) is 0. The zero-order valence-corrected chi connectivity index (χ0v) is 9.87. The summed E-state index contributed by atoms with van der Waals surface area (Å²) < 4.78 is 1.84. The zero-order valence-electron chi connectivity index (χ0n) is 9.87. The number of nitrogens with one attached hydrogen (secondary N) is 1. The second-order valence-electron chi connectivity index (χ2n) is 3.95. The fourth-order valence-corrected chi connectivity index (χ4v) is 1.76. The van der Waals surface area contributed by atoms with Crippen LogP contribution in [0.25, 0.3) is 5.69 Å². The smallest absolute Gasteiger partial charge is 0.0648 e. The molecule has 1 heterocycles. The van der Waals surface area contributed by atoms with Crippen molar-refractivity contribution in [2.24, 2.45) is 0 Å². The molecule has 0 saturated carbocycles. The van der Waals surface area contributed by atoms with Crippen LogP contribution in [0.1, 0.15) is 18.5 Å². The Morgan fingerprint density at radius 2 is 2.29 bits per heavy atom. The van der Waals surface area contributed by atoms with E-state index in [1.165, 1.54) is 5.56 Å². The van der Waals surface area contributed by atoms with Crippen LogP contribution in [0.2, 0.25) is 0 Å². The highest BCUT2D eigenvalue weighted by Gasteiger charge is 2.05. The molecule has 2 N–H and O–H groups in total. The highest BCUT2D eigenvalue weighted by Crippen LogP contribution is 2.16. The molecule has 4 heteroatoms. The van der Waals surface area contributed by atoms with Crippen LogP contribution in [0.4, 0.5) is 0 Å². The van der Waals surface area contributed by atoms with E-state index in [-0.39, 0.29) is 12.6 Å². The molecule has 1 unspecified atom stereocenters. The van der Waals surface area contributed by atoms with Crippen molar-refractivity contribution in [1.29, 1.82) is 0 Å². The van der Waals surface area contributed by atoms with Gasteiger partial charge in [-0.15, -0.1) is 0 Å². The number of benzene rings is 1. The van der Waals surface area contributed by atoms with Gasteiger partial charge in [-0.2, -0.15) is 5.10 Å². The topological polar surface area (TPSA) is 50.1 Å². The van der Waals surface area contributed by atoms with E-state index >= 15 is 0 Å². The van der Waals surface area contributed by atoms with Crippen LogP contribution in [0.15, 0.2) is 42.7 Å². The van der Waals surface area contributed by atoms with Gasteiger partial charge < -0.3 is 10.4 Å². The summed E-state index contributed by atoms with van der Waals surface area (Å²) in [6.45, 7) is 2.84. The second-order valence-corrected chi connectivity index (χ2v) is 3.95. The van der Waals surface area contributed by atoms with Crippen LogP contribution in [-0.4, -0.2) is 28.0 Å². The molecule has 90 valence electrons. The highest BCUT2D eigenvalue weighted by molar-refractivity contribution is 5.36. The number of aliphatic hydroxyl groups excluding tert-OH is 1. The fourth-order valence-electron chi connectivity index (χ4n) is 1.76. The molecule has 0 spiro atoms. The summed E-state index contributed by atoms with van der Waals surface area (Å²) in [6.07, 6.45) is 3.69. The number of hydrogen-bond acceptors (Lipinski definition) is 3. The Labute approximate surface area is 101 Å². The predicted molar refractivity (Wildman–Crippen MR) is 67.1 cm³/mol. The molecule has 2 aromatic rings. The molecule has 0 fully saturated rings. The van der Waals surface area contributed by atoms with Gasteiger partial charge in [0.2, 0.25) is 0 Å². The normalized spacial score (nSPS) is 12.6. The first-order valence-corrected chi connectivity index (χ1v) is 5.75. The van der Waals surface area contributed by atoms with Crippen molar-refractivity contribution in [1.82, 2.24) is 15.1 Å². The van der Waals surface area contributed by atoms with Gasteiger partial charge in [0, 0.05) is 25.0 Å². The number of aromatic nitrogens is 2. The van der Waals surface area contributed by atoms with Crippen molar-refractivity contribution in [2.45, 2.75) is 13.0 Å². The summed E-state index contributed by atoms with van der Waals surface area (Å²) in [5, 5.41) is 16.2. The number of hydrogen-bond donors (Lipinski definition) is 2. The van der Waals surface area contributed by atoms with Crippen LogP contribution >= 0.6 is 0 Å². The van der Waals surface area contributed by atoms with E-state index in [2.05, 4.69) is 29.5 Å². The first-order valence-electron chi connectivity index (χ1n) is 5.75. The first kappa shape index (κ1) is 11.8. The van der Waals surface area contributed by atoms with Crippen molar-refractivity contribution in [3.63, 3.8) is 0 Å². The average Bonchev–Trinajstić information content (AvgIpc) is 2.90. The molecule has 0 bridgehead atoms. The highest BCUT2D eigenvalue weighted by atomic mass is 16.3. The van der Waals surface area contributed by atoms with Crippen LogP contribution in [0, 0.1) is 0 Å². The van der Waals surface area contributed by atoms with Gasteiger partial charge >= 0.3 is 0 Å². The lowest BCUT2D eigenvalue weighted by Gasteiger charge is -2.14. The van der Waals surface area contributed by atoms with Gasteiger partial charge in [0.1, 0.15) is 0 Å². The maximum Gasteiger partial charge on any atom is 0.0648 e. The molecule has 0 aliphatic rings. The minimum absolute atomic E-state index is 0.156. The summed E-state index contributed by atoms with van der Waals surface area (Å²) in [6, 6.07) is 10.3. The van der Waals surface area contributed by atoms with Gasteiger partial charge in [-0.25, -0.2) is 4.68 Å². The SMILES string of the molecule is CC(NCCO)c1cccc(-n2cccn2)c1. The maximum absolute atomic E-state index is 8.79. The summed E-state index contributed by atoms with van der Waals surface area (Å²) in [7, 11) is 0. The third-order valence-electron chi connectivity index (χ3n) is 2.70. The van der Waals surface area contributed by atoms with Crippen LogP contribution < -0.4 is 5.32 Å². The molecule has 1 atom stereocenters. The molecular formula is C13H17N3O. The maximum atomic E-state index is 8.79. The van der Waals surface area contributed by atoms with E-state index in [1.54, 1.807) is 6.20 Å². The van der Waals surface area contributed by atoms with Crippen LogP contribution in [-0.2, 0) is 0 Å². The lowest BCUT2D eigenvalue weighted by Crippen LogP contribution is -2.22. The second kappa shape index (κ2) is 5.61. The van der Waals surface area contributed by atoms with E-state index in [9.17, 15) is 0 Å². The third kappa shape index (κ3) is 2.93. The van der Waals surface area contributed by atoms with E-state index in [1.807, 2.05) is 29.1 Å². The summed E-state index contributed by atoms with van der Waals surface area (Å²) in [4.78, 5) is 0.